The van der Waals surface area contributed by atoms with Crippen molar-refractivity contribution in [2.75, 3.05) is 6.54 Å². The van der Waals surface area contributed by atoms with Crippen molar-refractivity contribution in [3.63, 3.8) is 0 Å². The van der Waals surface area contributed by atoms with E-state index in [1.54, 1.807) is 6.07 Å². The van der Waals surface area contributed by atoms with Gasteiger partial charge in [-0.15, -0.1) is 0 Å². The monoisotopic (exact) mass is 305 g/mol. The summed E-state index contributed by atoms with van der Waals surface area (Å²) in [4.78, 5) is 47.8. The van der Waals surface area contributed by atoms with Gasteiger partial charge >= 0.3 is 17.8 Å². The van der Waals surface area contributed by atoms with E-state index < -0.39 is 22.8 Å². The van der Waals surface area contributed by atoms with Crippen LogP contribution in [0.2, 0.25) is 0 Å². The number of nitro groups is 1. The van der Waals surface area contributed by atoms with Crippen LogP contribution in [-0.4, -0.2) is 39.1 Å². The van der Waals surface area contributed by atoms with Crippen molar-refractivity contribution >= 4 is 23.5 Å². The second-order valence-corrected chi connectivity index (χ2v) is 5.41. The van der Waals surface area contributed by atoms with Gasteiger partial charge in [0.25, 0.3) is 5.69 Å². The van der Waals surface area contributed by atoms with E-state index >= 15 is 0 Å². The second-order valence-electron chi connectivity index (χ2n) is 5.41. The molecule has 0 saturated carbocycles. The van der Waals surface area contributed by atoms with Gasteiger partial charge in [-0.2, -0.15) is 0 Å². The summed E-state index contributed by atoms with van der Waals surface area (Å²) in [6.07, 6.45) is 0. The number of nitro benzene ring substituents is 1. The fourth-order valence-corrected chi connectivity index (χ4v) is 2.17. The van der Waals surface area contributed by atoms with Crippen LogP contribution in [0.25, 0.3) is 0 Å². The zero-order valence-electron chi connectivity index (χ0n) is 12.2. The molecule has 2 rings (SSSR count). The van der Waals surface area contributed by atoms with Gasteiger partial charge in [-0.1, -0.05) is 26.0 Å². The fraction of sp³-hybridized carbons (Fsp3) is 0.357. The molecule has 8 nitrogen and oxygen atoms in total. The molecular weight excluding hydrogens is 290 g/mol. The maximum absolute atomic E-state index is 12.2. The van der Waals surface area contributed by atoms with Crippen molar-refractivity contribution in [2.45, 2.75) is 20.4 Å². The van der Waals surface area contributed by atoms with Gasteiger partial charge in [-0.25, -0.2) is 4.79 Å². The average Bonchev–Trinajstić information content (AvgIpc) is 2.65. The number of rotatable bonds is 5. The van der Waals surface area contributed by atoms with E-state index in [0.29, 0.717) is 5.56 Å². The number of carbonyl (C=O) groups is 3. The van der Waals surface area contributed by atoms with Gasteiger partial charge in [0.05, 0.1) is 11.5 Å². The van der Waals surface area contributed by atoms with E-state index in [1.807, 2.05) is 13.8 Å². The normalized spacial score (nSPS) is 15.1. The van der Waals surface area contributed by atoms with E-state index in [9.17, 15) is 24.5 Å². The van der Waals surface area contributed by atoms with Crippen LogP contribution >= 0.6 is 0 Å². The first-order valence-electron chi connectivity index (χ1n) is 6.72. The zero-order valence-corrected chi connectivity index (χ0v) is 12.2. The molecule has 0 aliphatic carbocycles. The topological polar surface area (TPSA) is 101 Å². The Balaban J connectivity index is 2.21. The first-order valence-corrected chi connectivity index (χ1v) is 6.72. The molecule has 0 unspecified atom stereocenters. The Morgan fingerprint density at radius 1 is 1.14 bits per heavy atom. The first-order chi connectivity index (χ1) is 10.3. The highest BCUT2D eigenvalue weighted by molar-refractivity contribution is 6.44. The fourth-order valence-electron chi connectivity index (χ4n) is 2.17. The quantitative estimate of drug-likeness (QED) is 0.355. The summed E-state index contributed by atoms with van der Waals surface area (Å²) < 4.78 is 0. The van der Waals surface area contributed by atoms with Crippen LogP contribution < -0.4 is 0 Å². The smallest absolute Gasteiger partial charge is 0.263 e. The van der Waals surface area contributed by atoms with E-state index in [0.717, 1.165) is 9.80 Å². The number of non-ortho nitro benzene ring substituents is 1. The Morgan fingerprint density at radius 3 is 2.36 bits per heavy atom. The lowest BCUT2D eigenvalue weighted by atomic mass is 10.2. The van der Waals surface area contributed by atoms with E-state index in [2.05, 4.69) is 0 Å². The molecule has 0 N–H and O–H groups in total. The van der Waals surface area contributed by atoms with Crippen molar-refractivity contribution in [2.24, 2.45) is 5.92 Å². The zero-order chi connectivity index (χ0) is 16.4. The molecule has 0 spiro atoms. The molecular formula is C14H15N3O5. The number of urea groups is 1. The van der Waals surface area contributed by atoms with Crippen LogP contribution in [0, 0.1) is 16.0 Å². The highest BCUT2D eigenvalue weighted by Gasteiger charge is 2.44. The highest BCUT2D eigenvalue weighted by atomic mass is 16.6. The largest absolute Gasteiger partial charge is 0.334 e. The predicted molar refractivity (Wildman–Crippen MR) is 75.6 cm³/mol. The summed E-state index contributed by atoms with van der Waals surface area (Å²) in [7, 11) is 0. The summed E-state index contributed by atoms with van der Waals surface area (Å²) in [6.45, 7) is 3.65. The molecule has 8 heteroatoms. The molecule has 22 heavy (non-hydrogen) atoms. The van der Waals surface area contributed by atoms with Crippen LogP contribution in [0.4, 0.5) is 10.5 Å². The minimum atomic E-state index is -0.905. The SMILES string of the molecule is CC(C)CN1C(=O)C(=O)N(Cc2cccc([N+](=O)[O-])c2)C1=O. The standard InChI is InChI=1S/C14H15N3O5/c1-9(2)7-15-12(18)13(19)16(14(15)20)8-10-4-3-5-11(6-10)17(21)22/h3-6,9H,7-8H2,1-2H3. The van der Waals surface area contributed by atoms with Crippen LogP contribution in [0.5, 0.6) is 0 Å². The van der Waals surface area contributed by atoms with Gasteiger partial charge < -0.3 is 0 Å². The van der Waals surface area contributed by atoms with Crippen LogP contribution in [-0.2, 0) is 16.1 Å². The number of imide groups is 2. The third-order valence-corrected chi connectivity index (χ3v) is 3.14. The van der Waals surface area contributed by atoms with Crippen LogP contribution in [0.15, 0.2) is 24.3 Å². The molecule has 0 aromatic heterocycles. The van der Waals surface area contributed by atoms with Crippen molar-refractivity contribution in [1.29, 1.82) is 0 Å². The molecule has 1 aromatic carbocycles. The predicted octanol–water partition coefficient (Wildman–Crippen LogP) is 1.54. The molecule has 1 fully saturated rings. The minimum Gasteiger partial charge on any atom is -0.263 e. The third-order valence-electron chi connectivity index (χ3n) is 3.14. The Labute approximate surface area is 126 Å². The Kier molecular flexibility index (Phi) is 4.20. The van der Waals surface area contributed by atoms with Crippen molar-refractivity contribution in [3.05, 3.63) is 39.9 Å². The number of carbonyl (C=O) groups excluding carboxylic acids is 3. The molecule has 4 amide bonds. The number of nitrogens with zero attached hydrogens (tertiary/aromatic N) is 3. The Bertz CT molecular complexity index is 656. The van der Waals surface area contributed by atoms with Gasteiger partial charge in [-0.3, -0.25) is 29.5 Å². The maximum atomic E-state index is 12.2. The molecule has 1 aliphatic rings. The van der Waals surface area contributed by atoms with Crippen molar-refractivity contribution in [3.8, 4) is 0 Å². The first kappa shape index (κ1) is 15.6. The van der Waals surface area contributed by atoms with E-state index in [4.69, 9.17) is 0 Å². The van der Waals surface area contributed by atoms with Gasteiger partial charge in [0, 0.05) is 18.7 Å². The molecule has 116 valence electrons. The molecule has 1 saturated heterocycles. The molecule has 1 aromatic rings. The molecule has 1 aliphatic heterocycles. The second kappa shape index (κ2) is 5.92. The Hall–Kier alpha value is -2.77. The number of amides is 4. The summed E-state index contributed by atoms with van der Waals surface area (Å²) >= 11 is 0. The molecule has 1 heterocycles. The van der Waals surface area contributed by atoms with Gasteiger partial charge in [0.15, 0.2) is 0 Å². The summed E-state index contributed by atoms with van der Waals surface area (Å²) in [5.74, 6) is -1.72. The number of benzene rings is 1. The van der Waals surface area contributed by atoms with Gasteiger partial charge in [0.2, 0.25) is 0 Å². The van der Waals surface area contributed by atoms with Crippen molar-refractivity contribution in [1.82, 2.24) is 9.80 Å². The Morgan fingerprint density at radius 2 is 1.77 bits per heavy atom. The number of hydrogen-bond acceptors (Lipinski definition) is 5. The lowest BCUT2D eigenvalue weighted by Gasteiger charge is -2.17. The average molecular weight is 305 g/mol. The molecule has 0 radical (unpaired) electrons. The highest BCUT2D eigenvalue weighted by Crippen LogP contribution is 2.19. The van der Waals surface area contributed by atoms with Gasteiger partial charge in [-0.05, 0) is 11.5 Å². The summed E-state index contributed by atoms with van der Waals surface area (Å²) in [6, 6.07) is 4.92. The lowest BCUT2D eigenvalue weighted by Crippen LogP contribution is -2.35. The van der Waals surface area contributed by atoms with E-state index in [1.165, 1.54) is 18.2 Å². The van der Waals surface area contributed by atoms with Crippen LogP contribution in [0.1, 0.15) is 19.4 Å². The minimum absolute atomic E-state index is 0.0402. The summed E-state index contributed by atoms with van der Waals surface area (Å²) in [5, 5.41) is 10.7. The van der Waals surface area contributed by atoms with E-state index in [-0.39, 0.29) is 24.7 Å². The lowest BCUT2D eigenvalue weighted by molar-refractivity contribution is -0.384. The summed E-state index contributed by atoms with van der Waals surface area (Å²) in [5.41, 5.74) is 0.275. The number of hydrogen-bond donors (Lipinski definition) is 0. The maximum Gasteiger partial charge on any atom is 0.334 e. The van der Waals surface area contributed by atoms with Gasteiger partial charge in [0.1, 0.15) is 0 Å². The van der Waals surface area contributed by atoms with Crippen molar-refractivity contribution < 1.29 is 19.3 Å². The van der Waals surface area contributed by atoms with Crippen LogP contribution in [0.3, 0.4) is 0 Å². The molecule has 0 atom stereocenters. The third kappa shape index (κ3) is 2.95. The molecule has 0 bridgehead atoms.